The maximum atomic E-state index is 13.8. The highest BCUT2D eigenvalue weighted by molar-refractivity contribution is 5.87. The Hall–Kier alpha value is -4.13. The van der Waals surface area contributed by atoms with Crippen LogP contribution in [0.3, 0.4) is 0 Å². The summed E-state index contributed by atoms with van der Waals surface area (Å²) in [4.78, 5) is 18.0. The van der Waals surface area contributed by atoms with Gasteiger partial charge in [0.1, 0.15) is 5.75 Å². The van der Waals surface area contributed by atoms with E-state index in [4.69, 9.17) is 14.2 Å². The number of para-hydroxylation sites is 3. The normalized spacial score (nSPS) is 14.4. The molecule has 1 fully saturated rings. The summed E-state index contributed by atoms with van der Waals surface area (Å²) in [6.45, 7) is 2.87. The maximum Gasteiger partial charge on any atom is 0.223 e. The first-order chi connectivity index (χ1) is 18.5. The molecular formula is C31H35N3O4. The number of piperazine rings is 1. The first-order valence-electron chi connectivity index (χ1n) is 13.0. The van der Waals surface area contributed by atoms with E-state index in [1.807, 2.05) is 47.4 Å². The number of nitrogens with zero attached hydrogens (tertiary/aromatic N) is 3. The van der Waals surface area contributed by atoms with Gasteiger partial charge in [0.2, 0.25) is 5.91 Å². The van der Waals surface area contributed by atoms with Crippen LogP contribution in [0, 0.1) is 0 Å². The number of fused-ring (bicyclic) bond motifs is 1. The predicted octanol–water partition coefficient (Wildman–Crippen LogP) is 5.07. The third-order valence-corrected chi connectivity index (χ3v) is 7.55. The Morgan fingerprint density at radius 2 is 1.50 bits per heavy atom. The Morgan fingerprint density at radius 3 is 2.24 bits per heavy atom. The van der Waals surface area contributed by atoms with Gasteiger partial charge in [-0.05, 0) is 41.5 Å². The van der Waals surface area contributed by atoms with Crippen LogP contribution in [0.15, 0.2) is 72.9 Å². The number of benzene rings is 3. The number of aryl methyl sites for hydroxylation is 1. The molecule has 7 nitrogen and oxygen atoms in total. The Morgan fingerprint density at radius 1 is 0.816 bits per heavy atom. The fourth-order valence-corrected chi connectivity index (χ4v) is 5.52. The molecule has 1 unspecified atom stereocenters. The SMILES string of the molecule is COc1ccc(C(CC(=O)N2CCN(c3ccccc3OC)CC2)c2cn(C)c3ccccc23)cc1OC. The zero-order chi connectivity index (χ0) is 26.6. The lowest BCUT2D eigenvalue weighted by Gasteiger charge is -2.37. The van der Waals surface area contributed by atoms with E-state index in [2.05, 4.69) is 47.0 Å². The Balaban J connectivity index is 1.41. The number of aromatic nitrogens is 1. The zero-order valence-corrected chi connectivity index (χ0v) is 22.5. The lowest BCUT2D eigenvalue weighted by Crippen LogP contribution is -2.49. The zero-order valence-electron chi connectivity index (χ0n) is 22.5. The van der Waals surface area contributed by atoms with E-state index in [0.717, 1.165) is 46.6 Å². The second kappa shape index (κ2) is 11.1. The van der Waals surface area contributed by atoms with Crippen molar-refractivity contribution in [1.29, 1.82) is 0 Å². The number of carbonyl (C=O) groups is 1. The molecule has 1 aliphatic heterocycles. The standard InChI is InChI=1S/C31H35N3O4/c1-32-21-25(23-9-5-6-10-26(23)32)24(22-13-14-29(37-3)30(19-22)38-4)20-31(35)34-17-15-33(16-18-34)27-11-7-8-12-28(27)36-2/h5-14,19,21,24H,15-18,20H2,1-4H3. The molecule has 3 aromatic carbocycles. The van der Waals surface area contributed by atoms with Gasteiger partial charge in [0.05, 0.1) is 27.0 Å². The van der Waals surface area contributed by atoms with Gasteiger partial charge < -0.3 is 28.6 Å². The summed E-state index contributed by atoms with van der Waals surface area (Å²) in [5, 5.41) is 1.16. The van der Waals surface area contributed by atoms with Crippen molar-refractivity contribution in [3.8, 4) is 17.2 Å². The summed E-state index contributed by atoms with van der Waals surface area (Å²) in [5.74, 6) is 2.22. The van der Waals surface area contributed by atoms with Crippen LogP contribution in [0.2, 0.25) is 0 Å². The molecule has 0 bridgehead atoms. The molecule has 0 radical (unpaired) electrons. The Bertz CT molecular complexity index is 1420. The number of ether oxygens (including phenoxy) is 3. The van der Waals surface area contributed by atoms with E-state index in [-0.39, 0.29) is 11.8 Å². The van der Waals surface area contributed by atoms with Gasteiger partial charge in [0, 0.05) is 62.7 Å². The van der Waals surface area contributed by atoms with Crippen LogP contribution in [0.4, 0.5) is 5.69 Å². The van der Waals surface area contributed by atoms with Gasteiger partial charge in [0.25, 0.3) is 0 Å². The number of carbonyl (C=O) groups excluding carboxylic acids is 1. The molecule has 0 spiro atoms. The monoisotopic (exact) mass is 513 g/mol. The third-order valence-electron chi connectivity index (χ3n) is 7.55. The van der Waals surface area contributed by atoms with E-state index >= 15 is 0 Å². The molecule has 1 saturated heterocycles. The van der Waals surface area contributed by atoms with Crippen LogP contribution in [-0.4, -0.2) is 62.9 Å². The topological polar surface area (TPSA) is 56.2 Å². The van der Waals surface area contributed by atoms with Gasteiger partial charge >= 0.3 is 0 Å². The van der Waals surface area contributed by atoms with E-state index in [1.54, 1.807) is 21.3 Å². The number of hydrogen-bond donors (Lipinski definition) is 0. The van der Waals surface area contributed by atoms with E-state index in [0.29, 0.717) is 31.0 Å². The largest absolute Gasteiger partial charge is 0.495 e. The number of rotatable bonds is 8. The number of anilines is 1. The van der Waals surface area contributed by atoms with Crippen LogP contribution in [0.1, 0.15) is 23.5 Å². The van der Waals surface area contributed by atoms with E-state index in [9.17, 15) is 4.79 Å². The highest BCUT2D eigenvalue weighted by Crippen LogP contribution is 2.39. The Labute approximate surface area is 224 Å². The highest BCUT2D eigenvalue weighted by Gasteiger charge is 2.28. The molecule has 38 heavy (non-hydrogen) atoms. The molecule has 2 heterocycles. The van der Waals surface area contributed by atoms with Crippen molar-refractivity contribution in [2.75, 3.05) is 52.4 Å². The smallest absolute Gasteiger partial charge is 0.223 e. The van der Waals surface area contributed by atoms with Crippen molar-refractivity contribution in [3.63, 3.8) is 0 Å². The van der Waals surface area contributed by atoms with Gasteiger partial charge in [-0.25, -0.2) is 0 Å². The summed E-state index contributed by atoms with van der Waals surface area (Å²) in [6, 6.07) is 22.4. The number of methoxy groups -OCH3 is 3. The van der Waals surface area contributed by atoms with Crippen molar-refractivity contribution >= 4 is 22.5 Å². The number of hydrogen-bond acceptors (Lipinski definition) is 5. The van der Waals surface area contributed by atoms with Gasteiger partial charge in [-0.2, -0.15) is 0 Å². The highest BCUT2D eigenvalue weighted by atomic mass is 16.5. The predicted molar refractivity (Wildman–Crippen MR) is 151 cm³/mol. The molecule has 1 amide bonds. The lowest BCUT2D eigenvalue weighted by atomic mass is 9.87. The van der Waals surface area contributed by atoms with Crippen LogP contribution in [0.5, 0.6) is 17.2 Å². The van der Waals surface area contributed by atoms with Crippen LogP contribution in [-0.2, 0) is 11.8 Å². The summed E-state index contributed by atoms with van der Waals surface area (Å²) in [7, 11) is 7.02. The third kappa shape index (κ3) is 4.88. The minimum absolute atomic E-state index is 0.124. The van der Waals surface area contributed by atoms with E-state index < -0.39 is 0 Å². The molecule has 1 aliphatic rings. The minimum atomic E-state index is -0.124. The lowest BCUT2D eigenvalue weighted by molar-refractivity contribution is -0.131. The fraction of sp³-hybridized carbons (Fsp3) is 0.323. The average Bonchev–Trinajstić information content (AvgIpc) is 3.31. The molecular weight excluding hydrogens is 478 g/mol. The second-order valence-corrected chi connectivity index (χ2v) is 9.62. The average molecular weight is 514 g/mol. The van der Waals surface area contributed by atoms with Crippen molar-refractivity contribution in [2.45, 2.75) is 12.3 Å². The van der Waals surface area contributed by atoms with Crippen molar-refractivity contribution in [2.24, 2.45) is 7.05 Å². The van der Waals surface area contributed by atoms with Crippen molar-refractivity contribution in [1.82, 2.24) is 9.47 Å². The summed E-state index contributed by atoms with van der Waals surface area (Å²) in [5.41, 5.74) is 4.38. The Kier molecular flexibility index (Phi) is 7.45. The van der Waals surface area contributed by atoms with Gasteiger partial charge in [-0.3, -0.25) is 4.79 Å². The van der Waals surface area contributed by atoms with Gasteiger partial charge in [0.15, 0.2) is 11.5 Å². The number of amides is 1. The molecule has 0 N–H and O–H groups in total. The van der Waals surface area contributed by atoms with Crippen LogP contribution < -0.4 is 19.1 Å². The van der Waals surface area contributed by atoms with E-state index in [1.165, 1.54) is 0 Å². The molecule has 4 aromatic rings. The van der Waals surface area contributed by atoms with Crippen molar-refractivity contribution < 1.29 is 19.0 Å². The maximum absolute atomic E-state index is 13.8. The molecule has 0 aliphatic carbocycles. The summed E-state index contributed by atoms with van der Waals surface area (Å²) in [6.07, 6.45) is 2.52. The fourth-order valence-electron chi connectivity index (χ4n) is 5.52. The summed E-state index contributed by atoms with van der Waals surface area (Å²) >= 11 is 0. The molecule has 1 atom stereocenters. The van der Waals surface area contributed by atoms with Gasteiger partial charge in [-0.1, -0.05) is 36.4 Å². The first kappa shape index (κ1) is 25.5. The summed E-state index contributed by atoms with van der Waals surface area (Å²) < 4.78 is 18.8. The molecule has 1 aromatic heterocycles. The molecule has 5 rings (SSSR count). The van der Waals surface area contributed by atoms with Gasteiger partial charge in [-0.15, -0.1) is 0 Å². The van der Waals surface area contributed by atoms with Crippen LogP contribution >= 0.6 is 0 Å². The first-order valence-corrected chi connectivity index (χ1v) is 13.0. The molecule has 7 heteroatoms. The quantitative estimate of drug-likeness (QED) is 0.329. The van der Waals surface area contributed by atoms with Crippen molar-refractivity contribution in [3.05, 3.63) is 84.1 Å². The van der Waals surface area contributed by atoms with Crippen LogP contribution in [0.25, 0.3) is 10.9 Å². The minimum Gasteiger partial charge on any atom is -0.495 e. The molecule has 198 valence electrons. The molecule has 0 saturated carbocycles. The second-order valence-electron chi connectivity index (χ2n) is 9.62.